The standard InChI is InChI=1S/C31H37Cl2N3O5S2/c1-6-41-29-10-8-7-9-28(29)36(43(39,40)26-15-13-25(42-5)14-16-26)20-30(37)35(22(4)31(38)34-18-21(2)3)19-23-11-12-24(32)17-27(23)33/h7-17,21-22H,6,18-20H2,1-5H3,(H,34,38)/t22-/m0/s1. The molecule has 0 radical (unpaired) electrons. The molecule has 0 aliphatic carbocycles. The van der Waals surface area contributed by atoms with Crippen molar-refractivity contribution < 1.29 is 22.7 Å². The number of para-hydroxylation sites is 2. The molecule has 0 fully saturated rings. The smallest absolute Gasteiger partial charge is 0.264 e. The Morgan fingerprint density at radius 2 is 1.67 bits per heavy atom. The molecular weight excluding hydrogens is 629 g/mol. The SMILES string of the molecule is CCOc1ccccc1N(CC(=O)N(Cc1ccc(Cl)cc1Cl)[C@@H](C)C(=O)NCC(C)C)S(=O)(=O)c1ccc(SC)cc1. The van der Waals surface area contributed by atoms with Gasteiger partial charge in [-0.05, 0) is 80.1 Å². The van der Waals surface area contributed by atoms with E-state index in [4.69, 9.17) is 27.9 Å². The number of hydrogen-bond donors (Lipinski definition) is 1. The Morgan fingerprint density at radius 1 is 1.00 bits per heavy atom. The third kappa shape index (κ3) is 9.04. The van der Waals surface area contributed by atoms with Crippen molar-refractivity contribution in [1.29, 1.82) is 0 Å². The number of ether oxygens (including phenoxy) is 1. The Labute approximate surface area is 268 Å². The average molecular weight is 667 g/mol. The van der Waals surface area contributed by atoms with Gasteiger partial charge in [-0.1, -0.05) is 55.2 Å². The average Bonchev–Trinajstić information content (AvgIpc) is 2.98. The quantitative estimate of drug-likeness (QED) is 0.198. The molecule has 8 nitrogen and oxygen atoms in total. The Kier molecular flexibility index (Phi) is 12.6. The first kappa shape index (κ1) is 34.6. The zero-order chi connectivity index (χ0) is 31.7. The molecule has 1 N–H and O–H groups in total. The minimum absolute atomic E-state index is 0.0134. The van der Waals surface area contributed by atoms with Crippen LogP contribution in [0.1, 0.15) is 33.3 Å². The molecule has 0 saturated carbocycles. The second-order valence-corrected chi connectivity index (χ2v) is 13.7. The molecule has 0 aromatic heterocycles. The monoisotopic (exact) mass is 665 g/mol. The van der Waals surface area contributed by atoms with E-state index in [0.29, 0.717) is 27.9 Å². The largest absolute Gasteiger partial charge is 0.492 e. The number of carbonyl (C=O) groups excluding carboxylic acids is 2. The summed E-state index contributed by atoms with van der Waals surface area (Å²) in [5.74, 6) is -0.478. The van der Waals surface area contributed by atoms with Gasteiger partial charge >= 0.3 is 0 Å². The van der Waals surface area contributed by atoms with Gasteiger partial charge in [-0.3, -0.25) is 13.9 Å². The van der Waals surface area contributed by atoms with Gasteiger partial charge in [0.25, 0.3) is 10.0 Å². The minimum Gasteiger partial charge on any atom is -0.492 e. The summed E-state index contributed by atoms with van der Waals surface area (Å²) < 4.78 is 35.1. The lowest BCUT2D eigenvalue weighted by Crippen LogP contribution is -2.51. The maximum absolute atomic E-state index is 14.2. The molecular formula is C31H37Cl2N3O5S2. The van der Waals surface area contributed by atoms with Crippen LogP contribution in [0.5, 0.6) is 5.75 Å². The number of carbonyl (C=O) groups is 2. The van der Waals surface area contributed by atoms with E-state index in [1.807, 2.05) is 20.1 Å². The van der Waals surface area contributed by atoms with E-state index in [1.54, 1.807) is 68.4 Å². The molecule has 0 heterocycles. The van der Waals surface area contributed by atoms with Crippen LogP contribution in [0.4, 0.5) is 5.69 Å². The van der Waals surface area contributed by atoms with Gasteiger partial charge in [-0.15, -0.1) is 11.8 Å². The van der Waals surface area contributed by atoms with Crippen molar-refractivity contribution >= 4 is 62.5 Å². The van der Waals surface area contributed by atoms with Crippen molar-refractivity contribution in [3.63, 3.8) is 0 Å². The highest BCUT2D eigenvalue weighted by molar-refractivity contribution is 7.98. The number of anilines is 1. The zero-order valence-electron chi connectivity index (χ0n) is 24.8. The van der Waals surface area contributed by atoms with Gasteiger partial charge in [0.05, 0.1) is 17.2 Å². The Balaban J connectivity index is 2.09. The van der Waals surface area contributed by atoms with Gasteiger partial charge in [-0.2, -0.15) is 0 Å². The Hall–Kier alpha value is -2.92. The third-order valence-electron chi connectivity index (χ3n) is 6.57. The molecule has 232 valence electrons. The first-order valence-electron chi connectivity index (χ1n) is 13.8. The number of rotatable bonds is 14. The lowest BCUT2D eigenvalue weighted by atomic mass is 10.1. The lowest BCUT2D eigenvalue weighted by molar-refractivity contribution is -0.139. The van der Waals surface area contributed by atoms with Crippen LogP contribution in [-0.4, -0.2) is 57.1 Å². The second-order valence-electron chi connectivity index (χ2n) is 10.2. The van der Waals surface area contributed by atoms with Crippen molar-refractivity contribution in [2.24, 2.45) is 5.92 Å². The number of nitrogens with one attached hydrogen (secondary N) is 1. The van der Waals surface area contributed by atoms with Crippen LogP contribution in [0.2, 0.25) is 10.0 Å². The molecule has 0 aliphatic heterocycles. The van der Waals surface area contributed by atoms with Crippen molar-refractivity contribution in [1.82, 2.24) is 10.2 Å². The number of halogens is 2. The van der Waals surface area contributed by atoms with Crippen molar-refractivity contribution in [2.75, 3.05) is 30.3 Å². The first-order chi connectivity index (χ1) is 20.4. The minimum atomic E-state index is -4.25. The maximum atomic E-state index is 14.2. The van der Waals surface area contributed by atoms with Crippen molar-refractivity contribution in [3.8, 4) is 5.75 Å². The highest BCUT2D eigenvalue weighted by Crippen LogP contribution is 2.33. The summed E-state index contributed by atoms with van der Waals surface area (Å²) in [6, 6.07) is 17.0. The molecule has 3 aromatic rings. The van der Waals surface area contributed by atoms with Crippen LogP contribution in [0, 0.1) is 5.92 Å². The van der Waals surface area contributed by atoms with E-state index in [0.717, 1.165) is 9.20 Å². The molecule has 3 rings (SSSR count). The summed E-state index contributed by atoms with van der Waals surface area (Å²) in [7, 11) is -4.25. The molecule has 3 aromatic carbocycles. The fraction of sp³-hybridized carbons (Fsp3) is 0.355. The lowest BCUT2D eigenvalue weighted by Gasteiger charge is -2.32. The molecule has 2 amide bonds. The summed E-state index contributed by atoms with van der Waals surface area (Å²) >= 11 is 14.0. The van der Waals surface area contributed by atoms with Crippen molar-refractivity contribution in [2.45, 2.75) is 50.1 Å². The fourth-order valence-electron chi connectivity index (χ4n) is 4.20. The van der Waals surface area contributed by atoms with Crippen LogP contribution in [-0.2, 0) is 26.2 Å². The van der Waals surface area contributed by atoms with E-state index < -0.39 is 28.5 Å². The van der Waals surface area contributed by atoms with Gasteiger partial charge in [0.15, 0.2) is 0 Å². The predicted molar refractivity (Wildman–Crippen MR) is 175 cm³/mol. The number of thioether (sulfide) groups is 1. The molecule has 0 spiro atoms. The van der Waals surface area contributed by atoms with Crippen LogP contribution in [0.15, 0.2) is 76.5 Å². The number of sulfonamides is 1. The normalized spacial score (nSPS) is 12.1. The molecule has 0 aliphatic rings. The van der Waals surface area contributed by atoms with Gasteiger partial charge < -0.3 is 15.0 Å². The van der Waals surface area contributed by atoms with Crippen LogP contribution in [0.3, 0.4) is 0 Å². The second kappa shape index (κ2) is 15.7. The van der Waals surface area contributed by atoms with Gasteiger partial charge in [0, 0.05) is 28.0 Å². The number of benzene rings is 3. The highest BCUT2D eigenvalue weighted by atomic mass is 35.5. The first-order valence-corrected chi connectivity index (χ1v) is 17.2. The van der Waals surface area contributed by atoms with E-state index in [2.05, 4.69) is 5.32 Å². The van der Waals surface area contributed by atoms with Crippen LogP contribution < -0.4 is 14.4 Å². The van der Waals surface area contributed by atoms with Crippen LogP contribution in [0.25, 0.3) is 0 Å². The summed E-state index contributed by atoms with van der Waals surface area (Å²) in [5.41, 5.74) is 0.757. The summed E-state index contributed by atoms with van der Waals surface area (Å²) in [6.45, 7) is 7.38. The molecule has 0 bridgehead atoms. The maximum Gasteiger partial charge on any atom is 0.264 e. The number of hydrogen-bond acceptors (Lipinski definition) is 6. The number of nitrogens with zero attached hydrogens (tertiary/aromatic N) is 2. The predicted octanol–water partition coefficient (Wildman–Crippen LogP) is 6.50. The Morgan fingerprint density at radius 3 is 2.28 bits per heavy atom. The number of amides is 2. The van der Waals surface area contributed by atoms with Gasteiger partial charge in [0.2, 0.25) is 11.8 Å². The highest BCUT2D eigenvalue weighted by Gasteiger charge is 2.34. The topological polar surface area (TPSA) is 96.0 Å². The van der Waals surface area contributed by atoms with E-state index in [1.165, 1.54) is 28.8 Å². The summed E-state index contributed by atoms with van der Waals surface area (Å²) in [5, 5.41) is 3.61. The van der Waals surface area contributed by atoms with Gasteiger partial charge in [0.1, 0.15) is 18.3 Å². The third-order valence-corrected chi connectivity index (χ3v) is 9.67. The van der Waals surface area contributed by atoms with E-state index in [-0.39, 0.29) is 35.6 Å². The zero-order valence-corrected chi connectivity index (χ0v) is 28.0. The fourth-order valence-corrected chi connectivity index (χ4v) is 6.50. The molecule has 1 atom stereocenters. The van der Waals surface area contributed by atoms with Crippen LogP contribution >= 0.6 is 35.0 Å². The molecule has 0 unspecified atom stereocenters. The molecule has 12 heteroatoms. The molecule has 0 saturated heterocycles. The van der Waals surface area contributed by atoms with Gasteiger partial charge in [-0.25, -0.2) is 8.42 Å². The van der Waals surface area contributed by atoms with E-state index in [9.17, 15) is 18.0 Å². The summed E-state index contributed by atoms with van der Waals surface area (Å²) in [6.07, 6.45) is 1.90. The van der Waals surface area contributed by atoms with Crippen molar-refractivity contribution in [3.05, 3.63) is 82.3 Å². The Bertz CT molecular complexity index is 1520. The van der Waals surface area contributed by atoms with E-state index >= 15 is 0 Å². The summed E-state index contributed by atoms with van der Waals surface area (Å²) in [4.78, 5) is 29.6. The molecule has 43 heavy (non-hydrogen) atoms.